The van der Waals surface area contributed by atoms with Gasteiger partial charge in [-0.3, -0.25) is 0 Å². The van der Waals surface area contributed by atoms with Crippen LogP contribution in [0.3, 0.4) is 0 Å². The Kier molecular flexibility index (Phi) is 8.54. The van der Waals surface area contributed by atoms with Crippen LogP contribution in [0.1, 0.15) is 101 Å². The molecule has 4 nitrogen and oxygen atoms in total. The van der Waals surface area contributed by atoms with Crippen molar-refractivity contribution >= 4 is 79.4 Å². The van der Waals surface area contributed by atoms with E-state index >= 15 is 0 Å². The fraction of sp³-hybridized carbons (Fsp3) is 0.286. The van der Waals surface area contributed by atoms with Crippen LogP contribution in [0.2, 0.25) is 0 Å². The Morgan fingerprint density at radius 1 is 0.475 bits per heavy atom. The molecule has 0 fully saturated rings. The van der Waals surface area contributed by atoms with Crippen LogP contribution < -0.4 is 26.4 Å². The van der Waals surface area contributed by atoms with Crippen molar-refractivity contribution in [3.63, 3.8) is 0 Å². The highest BCUT2D eigenvalue weighted by atomic mass is 16.3. The first-order valence-corrected chi connectivity index (χ1v) is 22.0. The molecule has 0 radical (unpaired) electrons. The van der Waals surface area contributed by atoms with Gasteiger partial charge in [0.15, 0.2) is 0 Å². The molecular formula is C56H57BN2O2. The highest BCUT2D eigenvalue weighted by molar-refractivity contribution is 7.00. The van der Waals surface area contributed by atoms with Crippen molar-refractivity contribution in [2.45, 2.75) is 106 Å². The third-order valence-electron chi connectivity index (χ3n) is 13.4. The molecule has 0 amide bonds. The minimum atomic E-state index is -0.145. The lowest BCUT2D eigenvalue weighted by Gasteiger charge is -2.44. The highest BCUT2D eigenvalue weighted by Crippen LogP contribution is 2.50. The standard InChI is InChI=1S/C56H57BN2O2/c1-32-25-38(55(8,9)10)26-33(2)50(32)58-44-18-16-19-45-49(44)57(43-23-21-36(29-46(43)58)42-31-60-47-20-15-14-17-40(42)47)53-52(41-30-37(54(5,6)7)22-24-48(41)61-53)59(45)51-34(3)27-39(28-35(51)4)56(11,12)13/h14-31H,1-13H3. The van der Waals surface area contributed by atoms with Crippen LogP contribution in [0.15, 0.2) is 118 Å². The number of hydrogen-bond acceptors (Lipinski definition) is 4. The van der Waals surface area contributed by atoms with E-state index in [1.165, 1.54) is 72.6 Å². The number of fused-ring (bicyclic) bond motifs is 7. The maximum Gasteiger partial charge on any atom is 0.297 e. The fourth-order valence-electron chi connectivity index (χ4n) is 10.2. The summed E-state index contributed by atoms with van der Waals surface area (Å²) in [5, 5.41) is 2.26. The topological polar surface area (TPSA) is 32.8 Å². The van der Waals surface area contributed by atoms with Gasteiger partial charge in [0.25, 0.3) is 6.71 Å². The molecule has 6 aromatic carbocycles. The minimum absolute atomic E-state index is 0.0175. The fourth-order valence-corrected chi connectivity index (χ4v) is 10.2. The summed E-state index contributed by atoms with van der Waals surface area (Å²) in [7, 11) is 0. The molecule has 0 spiro atoms. The van der Waals surface area contributed by atoms with E-state index in [9.17, 15) is 0 Å². The number of hydrogen-bond donors (Lipinski definition) is 0. The second-order valence-electron chi connectivity index (χ2n) is 20.9. The van der Waals surface area contributed by atoms with Gasteiger partial charge in [-0.2, -0.15) is 0 Å². The number of nitrogens with zero attached hydrogens (tertiary/aromatic N) is 2. The Bertz CT molecular complexity index is 3060. The van der Waals surface area contributed by atoms with Crippen LogP contribution in [-0.4, -0.2) is 6.71 Å². The molecule has 0 unspecified atom stereocenters. The number of rotatable bonds is 3. The molecule has 0 bridgehead atoms. The molecule has 4 heterocycles. The lowest BCUT2D eigenvalue weighted by Crippen LogP contribution is -2.61. The quantitative estimate of drug-likeness (QED) is 0.167. The van der Waals surface area contributed by atoms with Gasteiger partial charge in [0.2, 0.25) is 0 Å². The first-order valence-electron chi connectivity index (χ1n) is 22.0. The summed E-state index contributed by atoms with van der Waals surface area (Å²) in [5.74, 6) is 0. The van der Waals surface area contributed by atoms with E-state index in [0.717, 1.165) is 50.1 Å². The second-order valence-corrected chi connectivity index (χ2v) is 20.9. The SMILES string of the molecule is Cc1cc(C(C)(C)C)cc(C)c1N1c2cc(-c3coc4ccccc34)ccc2B2c3oc4ccc(C(C)(C)C)cc4c3N(c3c(C)cc(C(C)(C)C)cc3C)c3cccc1c32. The number of para-hydroxylation sites is 1. The third kappa shape index (κ3) is 6.02. The van der Waals surface area contributed by atoms with Crippen LogP contribution in [-0.2, 0) is 16.2 Å². The van der Waals surface area contributed by atoms with Gasteiger partial charge in [-0.1, -0.05) is 129 Å². The van der Waals surface area contributed by atoms with E-state index < -0.39 is 0 Å². The van der Waals surface area contributed by atoms with Crippen molar-refractivity contribution in [1.82, 2.24) is 0 Å². The molecule has 2 aromatic heterocycles. The van der Waals surface area contributed by atoms with Gasteiger partial charge < -0.3 is 18.6 Å². The molecule has 0 aliphatic carbocycles. The van der Waals surface area contributed by atoms with Crippen molar-refractivity contribution in [2.24, 2.45) is 0 Å². The molecule has 306 valence electrons. The van der Waals surface area contributed by atoms with Gasteiger partial charge in [-0.25, -0.2) is 0 Å². The van der Waals surface area contributed by atoms with Gasteiger partial charge in [0.1, 0.15) is 11.2 Å². The van der Waals surface area contributed by atoms with E-state index in [1.54, 1.807) is 0 Å². The maximum absolute atomic E-state index is 7.30. The first-order chi connectivity index (χ1) is 28.8. The summed E-state index contributed by atoms with van der Waals surface area (Å²) < 4.78 is 13.4. The van der Waals surface area contributed by atoms with E-state index in [-0.39, 0.29) is 23.0 Å². The Balaban J connectivity index is 1.32. The van der Waals surface area contributed by atoms with Gasteiger partial charge in [0.05, 0.1) is 29.0 Å². The summed E-state index contributed by atoms with van der Waals surface area (Å²) in [6.45, 7) is 29.7. The maximum atomic E-state index is 7.30. The Morgan fingerprint density at radius 2 is 1.05 bits per heavy atom. The molecule has 2 aliphatic heterocycles. The number of benzene rings is 6. The second kappa shape index (κ2) is 13.3. The van der Waals surface area contributed by atoms with Crippen LogP contribution >= 0.6 is 0 Å². The van der Waals surface area contributed by atoms with Gasteiger partial charge in [-0.05, 0) is 136 Å². The molecule has 61 heavy (non-hydrogen) atoms. The van der Waals surface area contributed by atoms with Crippen molar-refractivity contribution in [2.75, 3.05) is 9.80 Å². The summed E-state index contributed by atoms with van der Waals surface area (Å²) in [4.78, 5) is 5.11. The Hall–Kier alpha value is -5.94. The Labute approximate surface area is 362 Å². The van der Waals surface area contributed by atoms with Gasteiger partial charge in [-0.15, -0.1) is 0 Å². The van der Waals surface area contributed by atoms with Crippen molar-refractivity contribution in [3.8, 4) is 11.1 Å². The molecule has 2 aliphatic rings. The highest BCUT2D eigenvalue weighted by Gasteiger charge is 2.47. The van der Waals surface area contributed by atoms with Gasteiger partial charge >= 0.3 is 0 Å². The lowest BCUT2D eigenvalue weighted by atomic mass is 9.35. The zero-order valence-electron chi connectivity index (χ0n) is 38.2. The lowest BCUT2D eigenvalue weighted by molar-refractivity contribution is 0.589. The van der Waals surface area contributed by atoms with Crippen molar-refractivity contribution < 1.29 is 8.83 Å². The van der Waals surface area contributed by atoms with Crippen LogP contribution in [0.25, 0.3) is 33.1 Å². The van der Waals surface area contributed by atoms with Crippen molar-refractivity contribution in [3.05, 3.63) is 148 Å². The molecule has 8 aromatic rings. The van der Waals surface area contributed by atoms with E-state index in [1.807, 2.05) is 18.4 Å². The summed E-state index contributed by atoms with van der Waals surface area (Å²) in [5.41, 5.74) is 23.6. The summed E-state index contributed by atoms with van der Waals surface area (Å²) >= 11 is 0. The molecule has 0 saturated carbocycles. The minimum Gasteiger partial charge on any atom is -0.468 e. The molecule has 5 heteroatoms. The number of anilines is 6. The summed E-state index contributed by atoms with van der Waals surface area (Å²) in [6, 6.07) is 38.8. The zero-order chi connectivity index (χ0) is 43.1. The molecule has 10 rings (SSSR count). The molecule has 0 atom stereocenters. The zero-order valence-corrected chi connectivity index (χ0v) is 38.2. The van der Waals surface area contributed by atoms with Gasteiger partial charge in [0, 0.05) is 33.4 Å². The van der Waals surface area contributed by atoms with Crippen LogP contribution in [0.4, 0.5) is 34.1 Å². The largest absolute Gasteiger partial charge is 0.468 e. The average molecular weight is 801 g/mol. The number of furan rings is 2. The third-order valence-corrected chi connectivity index (χ3v) is 13.4. The van der Waals surface area contributed by atoms with E-state index in [0.29, 0.717) is 0 Å². The normalized spacial score (nSPS) is 13.9. The predicted octanol–water partition coefficient (Wildman–Crippen LogP) is 14.1. The van der Waals surface area contributed by atoms with E-state index in [4.69, 9.17) is 8.83 Å². The van der Waals surface area contributed by atoms with Crippen molar-refractivity contribution in [1.29, 1.82) is 0 Å². The predicted molar refractivity (Wildman–Crippen MR) is 260 cm³/mol. The monoisotopic (exact) mass is 800 g/mol. The molecular weight excluding hydrogens is 743 g/mol. The summed E-state index contributed by atoms with van der Waals surface area (Å²) in [6.07, 6.45) is 1.92. The number of aryl methyl sites for hydroxylation is 4. The average Bonchev–Trinajstić information content (AvgIpc) is 3.79. The van der Waals surface area contributed by atoms with Crippen LogP contribution in [0, 0.1) is 27.7 Å². The first kappa shape index (κ1) is 39.2. The smallest absolute Gasteiger partial charge is 0.297 e. The van der Waals surface area contributed by atoms with E-state index in [2.05, 4.69) is 191 Å². The van der Waals surface area contributed by atoms with Crippen LogP contribution in [0.5, 0.6) is 0 Å². The molecule has 0 saturated heterocycles. The molecule has 0 N–H and O–H groups in total. The Morgan fingerprint density at radius 3 is 1.66 bits per heavy atom.